The van der Waals surface area contributed by atoms with Crippen LogP contribution in [-0.4, -0.2) is 35.9 Å². The van der Waals surface area contributed by atoms with Gasteiger partial charge in [0.2, 0.25) is 0 Å². The Balaban J connectivity index is 2.71. The summed E-state index contributed by atoms with van der Waals surface area (Å²) in [4.78, 5) is 6.69. The second-order valence-electron chi connectivity index (χ2n) is 3.57. The van der Waals surface area contributed by atoms with Gasteiger partial charge in [0.1, 0.15) is 5.75 Å². The molecule has 0 aliphatic heterocycles. The number of pyridine rings is 1. The summed E-state index contributed by atoms with van der Waals surface area (Å²) < 4.78 is 5.21. The van der Waals surface area contributed by atoms with Crippen molar-refractivity contribution in [3.8, 4) is 5.75 Å². The van der Waals surface area contributed by atoms with Crippen molar-refractivity contribution in [3.05, 3.63) is 23.5 Å². The van der Waals surface area contributed by atoms with Gasteiger partial charge >= 0.3 is 0 Å². The van der Waals surface area contributed by atoms with Crippen LogP contribution in [0, 0.1) is 6.92 Å². The van der Waals surface area contributed by atoms with Crippen LogP contribution in [0.15, 0.2) is 12.1 Å². The molecule has 1 heterocycles. The van der Waals surface area contributed by atoms with Crippen molar-refractivity contribution in [3.63, 3.8) is 0 Å². The van der Waals surface area contributed by atoms with Crippen molar-refractivity contribution in [2.45, 2.75) is 13.5 Å². The second kappa shape index (κ2) is 6.08. The Morgan fingerprint density at radius 1 is 1.47 bits per heavy atom. The zero-order valence-electron chi connectivity index (χ0n) is 9.46. The van der Waals surface area contributed by atoms with E-state index in [1.807, 2.05) is 19.1 Å². The van der Waals surface area contributed by atoms with Crippen LogP contribution in [-0.2, 0) is 6.54 Å². The van der Waals surface area contributed by atoms with E-state index in [1.165, 1.54) is 0 Å². The van der Waals surface area contributed by atoms with Crippen LogP contribution in [0.5, 0.6) is 5.75 Å². The Morgan fingerprint density at radius 3 is 2.80 bits per heavy atom. The molecule has 1 aromatic rings. The summed E-state index contributed by atoms with van der Waals surface area (Å²) in [5.74, 6) is 0.879. The van der Waals surface area contributed by atoms with E-state index < -0.39 is 0 Å². The molecule has 1 rings (SSSR count). The third kappa shape index (κ3) is 4.18. The van der Waals surface area contributed by atoms with E-state index in [2.05, 4.69) is 32.9 Å². The molecule has 0 fully saturated rings. The lowest BCUT2D eigenvalue weighted by atomic mass is 10.3. The predicted molar refractivity (Wildman–Crippen MR) is 65.7 cm³/mol. The molecule has 84 valence electrons. The molecule has 0 saturated heterocycles. The summed E-state index contributed by atoms with van der Waals surface area (Å²) in [5.41, 5.74) is 2.05. The van der Waals surface area contributed by atoms with Crippen molar-refractivity contribution < 1.29 is 4.74 Å². The minimum Gasteiger partial charge on any atom is -0.497 e. The van der Waals surface area contributed by atoms with E-state index in [4.69, 9.17) is 4.74 Å². The molecule has 0 aliphatic rings. The zero-order valence-corrected chi connectivity index (χ0v) is 11.0. The van der Waals surface area contributed by atoms with Crippen LogP contribution in [0.1, 0.15) is 11.4 Å². The summed E-state index contributed by atoms with van der Waals surface area (Å²) in [7, 11) is 3.76. The lowest BCUT2D eigenvalue weighted by Gasteiger charge is -2.15. The molecule has 0 N–H and O–H groups in total. The number of methoxy groups -OCH3 is 1. The Kier molecular flexibility index (Phi) is 5.05. The molecule has 0 saturated carbocycles. The molecule has 0 unspecified atom stereocenters. The van der Waals surface area contributed by atoms with Gasteiger partial charge in [0.15, 0.2) is 0 Å². The van der Waals surface area contributed by atoms with Crippen molar-refractivity contribution in [2.75, 3.05) is 26.0 Å². The summed E-state index contributed by atoms with van der Waals surface area (Å²) >= 11 is 3.42. The van der Waals surface area contributed by atoms with Gasteiger partial charge in [0.25, 0.3) is 0 Å². The third-order valence-corrected chi connectivity index (χ3v) is 2.47. The average molecular weight is 273 g/mol. The molecule has 3 nitrogen and oxygen atoms in total. The van der Waals surface area contributed by atoms with Crippen LogP contribution < -0.4 is 4.74 Å². The molecule has 0 aliphatic carbocycles. The molecular weight excluding hydrogens is 256 g/mol. The van der Waals surface area contributed by atoms with E-state index in [0.717, 1.165) is 35.6 Å². The minimum atomic E-state index is 0.851. The summed E-state index contributed by atoms with van der Waals surface area (Å²) in [5, 5.41) is 0.979. The number of halogens is 1. The predicted octanol–water partition coefficient (Wildman–Crippen LogP) is 2.23. The topological polar surface area (TPSA) is 25.4 Å². The van der Waals surface area contributed by atoms with E-state index >= 15 is 0 Å². The van der Waals surface area contributed by atoms with Crippen LogP contribution in [0.3, 0.4) is 0 Å². The quantitative estimate of drug-likeness (QED) is 0.769. The Morgan fingerprint density at radius 2 is 2.20 bits per heavy atom. The van der Waals surface area contributed by atoms with Crippen molar-refractivity contribution in [1.29, 1.82) is 0 Å². The van der Waals surface area contributed by atoms with Crippen LogP contribution >= 0.6 is 15.9 Å². The molecular formula is C11H17BrN2O. The van der Waals surface area contributed by atoms with Gasteiger partial charge < -0.3 is 4.74 Å². The highest BCUT2D eigenvalue weighted by molar-refractivity contribution is 9.09. The first kappa shape index (κ1) is 12.5. The normalized spacial score (nSPS) is 10.7. The Bertz CT molecular complexity index is 317. The zero-order chi connectivity index (χ0) is 11.3. The number of nitrogens with zero attached hydrogens (tertiary/aromatic N) is 2. The highest BCUT2D eigenvalue weighted by Crippen LogP contribution is 2.14. The van der Waals surface area contributed by atoms with Gasteiger partial charge in [0.05, 0.1) is 12.8 Å². The number of aryl methyl sites for hydroxylation is 1. The maximum Gasteiger partial charge on any atom is 0.122 e. The fraction of sp³-hybridized carbons (Fsp3) is 0.545. The van der Waals surface area contributed by atoms with E-state index in [-0.39, 0.29) is 0 Å². The first-order valence-electron chi connectivity index (χ1n) is 4.91. The van der Waals surface area contributed by atoms with Crippen LogP contribution in [0.25, 0.3) is 0 Å². The number of hydrogen-bond donors (Lipinski definition) is 0. The van der Waals surface area contributed by atoms with Gasteiger partial charge in [-0.15, -0.1) is 0 Å². The van der Waals surface area contributed by atoms with Gasteiger partial charge in [-0.05, 0) is 14.0 Å². The molecule has 0 atom stereocenters. The number of rotatable bonds is 5. The number of hydrogen-bond acceptors (Lipinski definition) is 3. The van der Waals surface area contributed by atoms with Gasteiger partial charge in [-0.1, -0.05) is 15.9 Å². The van der Waals surface area contributed by atoms with Crippen molar-refractivity contribution in [2.24, 2.45) is 0 Å². The third-order valence-electron chi connectivity index (χ3n) is 2.11. The lowest BCUT2D eigenvalue weighted by Crippen LogP contribution is -2.20. The fourth-order valence-corrected chi connectivity index (χ4v) is 2.01. The Labute approximate surface area is 99.6 Å². The van der Waals surface area contributed by atoms with Gasteiger partial charge in [-0.25, -0.2) is 0 Å². The maximum atomic E-state index is 5.21. The Hall–Kier alpha value is -0.610. The lowest BCUT2D eigenvalue weighted by molar-refractivity contribution is 0.343. The number of ether oxygens (including phenoxy) is 1. The standard InChI is InChI=1S/C11H17BrN2O/c1-9-6-11(15-3)7-10(13-9)8-14(2)5-4-12/h6-7H,4-5,8H2,1-3H3. The molecule has 4 heteroatoms. The van der Waals surface area contributed by atoms with E-state index in [1.54, 1.807) is 7.11 Å². The summed E-state index contributed by atoms with van der Waals surface area (Å²) in [6, 6.07) is 3.92. The van der Waals surface area contributed by atoms with Crippen LogP contribution in [0.4, 0.5) is 0 Å². The molecule has 15 heavy (non-hydrogen) atoms. The highest BCUT2D eigenvalue weighted by atomic mass is 79.9. The van der Waals surface area contributed by atoms with E-state index in [0.29, 0.717) is 0 Å². The monoisotopic (exact) mass is 272 g/mol. The van der Waals surface area contributed by atoms with Gasteiger partial charge in [-0.2, -0.15) is 0 Å². The molecule has 0 bridgehead atoms. The smallest absolute Gasteiger partial charge is 0.122 e. The minimum absolute atomic E-state index is 0.851. The van der Waals surface area contributed by atoms with Gasteiger partial charge in [-0.3, -0.25) is 9.88 Å². The van der Waals surface area contributed by atoms with Crippen molar-refractivity contribution in [1.82, 2.24) is 9.88 Å². The number of aromatic nitrogens is 1. The summed E-state index contributed by atoms with van der Waals surface area (Å²) in [6.45, 7) is 3.85. The molecule has 0 radical (unpaired) electrons. The first-order chi connectivity index (χ1) is 7.15. The fourth-order valence-electron chi connectivity index (χ4n) is 1.40. The molecule has 0 aromatic carbocycles. The number of alkyl halides is 1. The second-order valence-corrected chi connectivity index (χ2v) is 4.36. The molecule has 1 aromatic heterocycles. The van der Waals surface area contributed by atoms with Crippen molar-refractivity contribution >= 4 is 15.9 Å². The first-order valence-corrected chi connectivity index (χ1v) is 6.04. The maximum absolute atomic E-state index is 5.21. The molecule has 0 amide bonds. The average Bonchev–Trinajstić information content (AvgIpc) is 2.17. The van der Waals surface area contributed by atoms with E-state index in [9.17, 15) is 0 Å². The molecule has 0 spiro atoms. The van der Waals surface area contributed by atoms with Crippen LogP contribution in [0.2, 0.25) is 0 Å². The SMILES string of the molecule is COc1cc(C)nc(CN(C)CCBr)c1. The van der Waals surface area contributed by atoms with Gasteiger partial charge in [0, 0.05) is 36.2 Å². The summed E-state index contributed by atoms with van der Waals surface area (Å²) in [6.07, 6.45) is 0. The highest BCUT2D eigenvalue weighted by Gasteiger charge is 2.03. The largest absolute Gasteiger partial charge is 0.497 e.